The Morgan fingerprint density at radius 3 is 2.96 bits per heavy atom. The van der Waals surface area contributed by atoms with E-state index in [9.17, 15) is 9.90 Å². The fourth-order valence-corrected chi connectivity index (χ4v) is 3.18. The maximum Gasteiger partial charge on any atom is 0.234 e. The molecule has 24 heavy (non-hydrogen) atoms. The highest BCUT2D eigenvalue weighted by Gasteiger charge is 2.34. The Kier molecular flexibility index (Phi) is 6.94. The molecule has 1 aromatic rings. The van der Waals surface area contributed by atoms with Crippen LogP contribution < -0.4 is 5.32 Å². The second-order valence-electron chi connectivity index (χ2n) is 7.06. The van der Waals surface area contributed by atoms with E-state index in [2.05, 4.69) is 35.1 Å². The Hall–Kier alpha value is -1.72. The summed E-state index contributed by atoms with van der Waals surface area (Å²) in [6, 6.07) is 5.68. The van der Waals surface area contributed by atoms with Gasteiger partial charge in [-0.25, -0.2) is 0 Å². The van der Waals surface area contributed by atoms with Gasteiger partial charge in [0.1, 0.15) is 0 Å². The minimum atomic E-state index is -0.114. The quantitative estimate of drug-likeness (QED) is 0.751. The zero-order valence-electron chi connectivity index (χ0n) is 14.8. The third-order valence-corrected chi connectivity index (χ3v) is 4.58. The first-order chi connectivity index (χ1) is 11.5. The largest absolute Gasteiger partial charge is 0.396 e. The van der Waals surface area contributed by atoms with Crippen molar-refractivity contribution in [3.63, 3.8) is 0 Å². The SMILES string of the molecule is CC(C)=CC[C@@]1(CO)CCCN(CC(=O)NCc2ccccn2)C1. The minimum Gasteiger partial charge on any atom is -0.396 e. The van der Waals surface area contributed by atoms with Crippen LogP contribution in [-0.2, 0) is 11.3 Å². The van der Waals surface area contributed by atoms with Gasteiger partial charge < -0.3 is 10.4 Å². The highest BCUT2D eigenvalue weighted by atomic mass is 16.3. The summed E-state index contributed by atoms with van der Waals surface area (Å²) in [5.74, 6) is 0.0107. The maximum atomic E-state index is 12.2. The number of nitrogens with zero attached hydrogens (tertiary/aromatic N) is 2. The lowest BCUT2D eigenvalue weighted by atomic mass is 9.77. The van der Waals surface area contributed by atoms with Gasteiger partial charge in [-0.2, -0.15) is 0 Å². The molecule has 1 atom stereocenters. The summed E-state index contributed by atoms with van der Waals surface area (Å²) in [5, 5.41) is 12.8. The molecule has 1 amide bonds. The topological polar surface area (TPSA) is 65.5 Å². The van der Waals surface area contributed by atoms with E-state index in [1.54, 1.807) is 6.20 Å². The van der Waals surface area contributed by atoms with Crippen molar-refractivity contribution in [2.24, 2.45) is 5.41 Å². The number of pyridine rings is 1. The number of aromatic nitrogens is 1. The third kappa shape index (κ3) is 5.73. The molecule has 1 saturated heterocycles. The van der Waals surface area contributed by atoms with E-state index >= 15 is 0 Å². The predicted octanol–water partition coefficient (Wildman–Crippen LogP) is 2.13. The molecule has 1 aliphatic heterocycles. The van der Waals surface area contributed by atoms with E-state index in [0.29, 0.717) is 13.1 Å². The summed E-state index contributed by atoms with van der Waals surface area (Å²) in [6.45, 7) is 6.84. The zero-order valence-corrected chi connectivity index (χ0v) is 14.8. The van der Waals surface area contributed by atoms with Crippen LogP contribution in [0.15, 0.2) is 36.0 Å². The van der Waals surface area contributed by atoms with Crippen molar-refractivity contribution in [3.05, 3.63) is 41.7 Å². The molecule has 1 fully saturated rings. The normalized spacial score (nSPS) is 21.3. The van der Waals surface area contributed by atoms with Crippen LogP contribution in [0, 0.1) is 5.41 Å². The van der Waals surface area contributed by atoms with Crippen LogP contribution >= 0.6 is 0 Å². The number of nitrogens with one attached hydrogen (secondary N) is 1. The van der Waals surface area contributed by atoms with Crippen LogP contribution in [0.2, 0.25) is 0 Å². The molecular weight excluding hydrogens is 302 g/mol. The molecule has 2 rings (SSSR count). The molecule has 1 aliphatic rings. The predicted molar refractivity (Wildman–Crippen MR) is 95.3 cm³/mol. The average molecular weight is 331 g/mol. The number of piperidine rings is 1. The molecular formula is C19H29N3O2. The average Bonchev–Trinajstić information content (AvgIpc) is 2.59. The van der Waals surface area contributed by atoms with Gasteiger partial charge in [-0.05, 0) is 51.8 Å². The van der Waals surface area contributed by atoms with Crippen molar-refractivity contribution in [1.29, 1.82) is 0 Å². The molecule has 5 heteroatoms. The molecule has 0 spiro atoms. The van der Waals surface area contributed by atoms with E-state index in [1.807, 2.05) is 18.2 Å². The second-order valence-corrected chi connectivity index (χ2v) is 7.06. The van der Waals surface area contributed by atoms with Crippen LogP contribution in [0.25, 0.3) is 0 Å². The van der Waals surface area contributed by atoms with E-state index in [0.717, 1.165) is 38.0 Å². The summed E-state index contributed by atoms with van der Waals surface area (Å²) in [6.07, 6.45) is 6.83. The number of rotatable bonds is 7. The van der Waals surface area contributed by atoms with Crippen LogP contribution in [-0.4, -0.2) is 47.1 Å². The van der Waals surface area contributed by atoms with Crippen molar-refractivity contribution in [3.8, 4) is 0 Å². The Labute approximate surface area is 144 Å². The van der Waals surface area contributed by atoms with Gasteiger partial charge in [0.25, 0.3) is 0 Å². The van der Waals surface area contributed by atoms with Crippen molar-refractivity contribution in [1.82, 2.24) is 15.2 Å². The van der Waals surface area contributed by atoms with Gasteiger partial charge in [-0.1, -0.05) is 17.7 Å². The third-order valence-electron chi connectivity index (χ3n) is 4.58. The van der Waals surface area contributed by atoms with Crippen LogP contribution in [0.5, 0.6) is 0 Å². The number of carbonyl (C=O) groups excluding carboxylic acids is 1. The van der Waals surface area contributed by atoms with Gasteiger partial charge in [0.2, 0.25) is 5.91 Å². The fraction of sp³-hybridized carbons (Fsp3) is 0.579. The zero-order chi connectivity index (χ0) is 17.4. The summed E-state index contributed by atoms with van der Waals surface area (Å²) in [4.78, 5) is 18.6. The minimum absolute atomic E-state index is 0.0107. The van der Waals surface area contributed by atoms with Gasteiger partial charge >= 0.3 is 0 Å². The van der Waals surface area contributed by atoms with Crippen LogP contribution in [0.3, 0.4) is 0 Å². The summed E-state index contributed by atoms with van der Waals surface area (Å²) < 4.78 is 0. The molecule has 132 valence electrons. The first-order valence-electron chi connectivity index (χ1n) is 8.66. The number of aliphatic hydroxyl groups excluding tert-OH is 1. The molecule has 0 aliphatic carbocycles. The van der Waals surface area contributed by atoms with Crippen molar-refractivity contribution < 1.29 is 9.90 Å². The van der Waals surface area contributed by atoms with Crippen molar-refractivity contribution >= 4 is 5.91 Å². The standard InChI is InChI=1S/C19H29N3O2/c1-16(2)7-9-19(15-23)8-5-11-22(14-19)13-18(24)21-12-17-6-3-4-10-20-17/h3-4,6-7,10,23H,5,8-9,11-15H2,1-2H3,(H,21,24)/t19-/m0/s1. The fourth-order valence-electron chi connectivity index (χ4n) is 3.18. The smallest absolute Gasteiger partial charge is 0.234 e. The molecule has 2 N–H and O–H groups in total. The molecule has 2 heterocycles. The molecule has 1 aromatic heterocycles. The van der Waals surface area contributed by atoms with E-state index in [1.165, 1.54) is 5.57 Å². The summed E-state index contributed by atoms with van der Waals surface area (Å²) in [7, 11) is 0. The van der Waals surface area contributed by atoms with E-state index in [4.69, 9.17) is 0 Å². The molecule has 0 radical (unpaired) electrons. The highest BCUT2D eigenvalue weighted by Crippen LogP contribution is 2.33. The first-order valence-corrected chi connectivity index (χ1v) is 8.66. The molecule has 0 aromatic carbocycles. The monoisotopic (exact) mass is 331 g/mol. The van der Waals surface area contributed by atoms with E-state index in [-0.39, 0.29) is 17.9 Å². The Bertz CT molecular complexity index is 555. The number of hydrogen-bond acceptors (Lipinski definition) is 4. The lowest BCUT2D eigenvalue weighted by molar-refractivity contribution is -0.123. The molecule has 5 nitrogen and oxygen atoms in total. The van der Waals surface area contributed by atoms with Gasteiger partial charge in [0, 0.05) is 18.2 Å². The number of hydrogen-bond donors (Lipinski definition) is 2. The van der Waals surface area contributed by atoms with Crippen molar-refractivity contribution in [2.75, 3.05) is 26.2 Å². The highest BCUT2D eigenvalue weighted by molar-refractivity contribution is 5.77. The number of carbonyl (C=O) groups is 1. The number of aliphatic hydroxyl groups is 1. The lowest BCUT2D eigenvalue weighted by Gasteiger charge is -2.41. The van der Waals surface area contributed by atoms with Crippen LogP contribution in [0.1, 0.15) is 38.8 Å². The molecule has 0 unspecified atom stereocenters. The Morgan fingerprint density at radius 2 is 2.29 bits per heavy atom. The Balaban J connectivity index is 1.85. The van der Waals surface area contributed by atoms with E-state index < -0.39 is 0 Å². The lowest BCUT2D eigenvalue weighted by Crippen LogP contribution is -2.48. The molecule has 0 bridgehead atoms. The number of likely N-dealkylation sites (tertiary alicyclic amines) is 1. The Morgan fingerprint density at radius 1 is 1.46 bits per heavy atom. The first kappa shape index (κ1) is 18.6. The van der Waals surface area contributed by atoms with Gasteiger partial charge in [-0.15, -0.1) is 0 Å². The maximum absolute atomic E-state index is 12.2. The van der Waals surface area contributed by atoms with Gasteiger partial charge in [0.05, 0.1) is 25.4 Å². The summed E-state index contributed by atoms with van der Waals surface area (Å²) in [5.41, 5.74) is 2.02. The van der Waals surface area contributed by atoms with Gasteiger partial charge in [0.15, 0.2) is 0 Å². The number of amides is 1. The summed E-state index contributed by atoms with van der Waals surface area (Å²) >= 11 is 0. The number of allylic oxidation sites excluding steroid dienone is 2. The van der Waals surface area contributed by atoms with Crippen molar-refractivity contribution in [2.45, 2.75) is 39.7 Å². The second kappa shape index (κ2) is 8.94. The molecule has 0 saturated carbocycles. The van der Waals surface area contributed by atoms with Crippen LogP contribution in [0.4, 0.5) is 0 Å². The van der Waals surface area contributed by atoms with Gasteiger partial charge in [-0.3, -0.25) is 14.7 Å².